The molecule has 0 bridgehead atoms. The maximum Gasteiger partial charge on any atom is 0.277 e. The Bertz CT molecular complexity index is 1270. The molecule has 2 aliphatic rings. The maximum atomic E-state index is 14.2. The summed E-state index contributed by atoms with van der Waals surface area (Å²) in [6, 6.07) is 20.5. The van der Waals surface area contributed by atoms with E-state index >= 15 is 0 Å². The predicted octanol–water partition coefficient (Wildman–Crippen LogP) is 3.73. The Hall–Kier alpha value is -3.55. The summed E-state index contributed by atoms with van der Waals surface area (Å²) in [5.41, 5.74) is 7.13. The number of para-hydroxylation sites is 1. The highest BCUT2D eigenvalue weighted by atomic mass is 16.3. The molecule has 7 nitrogen and oxygen atoms in total. The van der Waals surface area contributed by atoms with E-state index in [2.05, 4.69) is 0 Å². The Morgan fingerprint density at radius 1 is 1.14 bits per heavy atom. The number of hydrogen-bond acceptors (Lipinski definition) is 6. The van der Waals surface area contributed by atoms with E-state index in [4.69, 9.17) is 15.1 Å². The van der Waals surface area contributed by atoms with E-state index in [0.717, 1.165) is 29.7 Å². The molecule has 186 valence electrons. The number of nitrogens with zero attached hydrogens (tertiary/aromatic N) is 2. The topological polar surface area (TPSA) is 109 Å². The number of benzene rings is 2. The highest BCUT2D eigenvalue weighted by Crippen LogP contribution is 2.39. The van der Waals surface area contributed by atoms with Crippen molar-refractivity contribution in [2.24, 2.45) is 22.6 Å². The molecular weight excluding hydrogens is 454 g/mol. The Kier molecular flexibility index (Phi) is 6.60. The Balaban J connectivity index is 1.55. The van der Waals surface area contributed by atoms with Crippen LogP contribution in [0.4, 0.5) is 5.69 Å². The molecule has 0 unspecified atom stereocenters. The summed E-state index contributed by atoms with van der Waals surface area (Å²) in [7, 11) is 1.61. The van der Waals surface area contributed by atoms with Gasteiger partial charge in [-0.25, -0.2) is 4.99 Å². The van der Waals surface area contributed by atoms with Gasteiger partial charge in [-0.15, -0.1) is 0 Å². The van der Waals surface area contributed by atoms with Crippen LogP contribution in [0, 0.1) is 11.8 Å². The number of carbonyl (C=O) groups excluding carboxylic acids is 2. The minimum absolute atomic E-state index is 0.326. The zero-order chi connectivity index (χ0) is 25.3. The summed E-state index contributed by atoms with van der Waals surface area (Å²) in [5, 5.41) is 11.2. The zero-order valence-corrected chi connectivity index (χ0v) is 20.3. The van der Waals surface area contributed by atoms with Crippen LogP contribution in [-0.4, -0.2) is 41.3 Å². The number of furan rings is 1. The van der Waals surface area contributed by atoms with Gasteiger partial charge in [-0.1, -0.05) is 61.4 Å². The summed E-state index contributed by atoms with van der Waals surface area (Å²) in [6.07, 6.45) is 3.92. The SMILES string of the molecule is CN1C(=O)[C@](N)(C(=O)[C@H](CC2CC2)[C@@H](O)CCc2ccco2)N=C(c2ccccc2)c2ccccc21. The molecule has 3 aromatic rings. The second-order valence-corrected chi connectivity index (χ2v) is 9.81. The van der Waals surface area contributed by atoms with Gasteiger partial charge in [0.15, 0.2) is 5.78 Å². The number of anilines is 1. The first-order chi connectivity index (χ1) is 17.4. The molecule has 1 aliphatic heterocycles. The van der Waals surface area contributed by atoms with Gasteiger partial charge in [0.05, 0.1) is 23.8 Å². The van der Waals surface area contributed by atoms with Crippen LogP contribution in [0.3, 0.4) is 0 Å². The summed E-state index contributed by atoms with van der Waals surface area (Å²) >= 11 is 0. The van der Waals surface area contributed by atoms with E-state index in [-0.39, 0.29) is 0 Å². The summed E-state index contributed by atoms with van der Waals surface area (Å²) in [5.74, 6) is -0.880. The minimum Gasteiger partial charge on any atom is -0.469 e. The predicted molar refractivity (Wildman–Crippen MR) is 138 cm³/mol. The third kappa shape index (κ3) is 4.64. The van der Waals surface area contributed by atoms with Gasteiger partial charge in [-0.05, 0) is 37.0 Å². The van der Waals surface area contributed by atoms with Gasteiger partial charge in [-0.3, -0.25) is 15.3 Å². The fourth-order valence-corrected chi connectivity index (χ4v) is 4.97. The third-order valence-corrected chi connectivity index (χ3v) is 7.21. The maximum absolute atomic E-state index is 14.2. The number of aryl methyl sites for hydroxylation is 1. The van der Waals surface area contributed by atoms with E-state index in [1.54, 1.807) is 19.4 Å². The smallest absolute Gasteiger partial charge is 0.277 e. The highest BCUT2D eigenvalue weighted by Gasteiger charge is 2.51. The van der Waals surface area contributed by atoms with Crippen LogP contribution in [0.5, 0.6) is 0 Å². The molecule has 0 spiro atoms. The molecule has 7 heteroatoms. The molecule has 3 atom stereocenters. The highest BCUT2D eigenvalue weighted by molar-refractivity contribution is 6.26. The van der Waals surface area contributed by atoms with Crippen LogP contribution in [-0.2, 0) is 16.0 Å². The van der Waals surface area contributed by atoms with Crippen molar-refractivity contribution in [1.82, 2.24) is 0 Å². The van der Waals surface area contributed by atoms with Crippen LogP contribution < -0.4 is 10.6 Å². The van der Waals surface area contributed by atoms with Crippen LogP contribution in [0.15, 0.2) is 82.4 Å². The number of ketones is 1. The molecule has 2 aromatic carbocycles. The summed E-state index contributed by atoms with van der Waals surface area (Å²) in [4.78, 5) is 34.1. The van der Waals surface area contributed by atoms with E-state index in [1.165, 1.54) is 4.90 Å². The van der Waals surface area contributed by atoms with Crippen molar-refractivity contribution in [2.75, 3.05) is 11.9 Å². The lowest BCUT2D eigenvalue weighted by atomic mass is 9.82. The normalized spacial score (nSPS) is 21.4. The van der Waals surface area contributed by atoms with Gasteiger partial charge in [0.25, 0.3) is 5.91 Å². The molecule has 1 amide bonds. The van der Waals surface area contributed by atoms with Gasteiger partial charge in [0.2, 0.25) is 5.66 Å². The lowest BCUT2D eigenvalue weighted by Crippen LogP contribution is -2.61. The number of likely N-dealkylation sites (N-methyl/N-ethyl adjacent to an activating group) is 1. The molecule has 1 saturated carbocycles. The number of rotatable bonds is 9. The van der Waals surface area contributed by atoms with Gasteiger partial charge < -0.3 is 14.4 Å². The van der Waals surface area contributed by atoms with E-state index in [1.807, 2.05) is 60.7 Å². The Labute approximate surface area is 210 Å². The second kappa shape index (κ2) is 9.84. The first kappa shape index (κ1) is 24.2. The molecule has 1 aromatic heterocycles. The Morgan fingerprint density at radius 3 is 2.56 bits per heavy atom. The number of fused-ring (bicyclic) bond motifs is 1. The number of aliphatic hydroxyl groups excluding tert-OH is 1. The number of aliphatic hydroxyl groups is 1. The van der Waals surface area contributed by atoms with Gasteiger partial charge in [0.1, 0.15) is 5.76 Å². The van der Waals surface area contributed by atoms with E-state index < -0.39 is 29.4 Å². The van der Waals surface area contributed by atoms with E-state index in [0.29, 0.717) is 36.6 Å². The van der Waals surface area contributed by atoms with Crippen LogP contribution in [0.2, 0.25) is 0 Å². The number of nitrogens with two attached hydrogens (primary N) is 1. The first-order valence-electron chi connectivity index (χ1n) is 12.4. The average Bonchev–Trinajstić information content (AvgIpc) is 3.60. The largest absolute Gasteiger partial charge is 0.469 e. The molecular formula is C29H31N3O4. The Morgan fingerprint density at radius 2 is 1.86 bits per heavy atom. The van der Waals surface area contributed by atoms with Crippen molar-refractivity contribution in [3.05, 3.63) is 89.9 Å². The first-order valence-corrected chi connectivity index (χ1v) is 12.4. The quantitative estimate of drug-likeness (QED) is 0.449. The van der Waals surface area contributed by atoms with Gasteiger partial charge in [-0.2, -0.15) is 0 Å². The lowest BCUT2D eigenvalue weighted by Gasteiger charge is -2.31. The van der Waals surface area contributed by atoms with Crippen molar-refractivity contribution in [1.29, 1.82) is 0 Å². The standard InChI is InChI=1S/C29H31N3O4/c1-32-24-12-6-5-11-22(24)26(20-8-3-2-4-9-20)31-29(30,28(32)35)27(34)23(18-19-13-14-19)25(33)16-15-21-10-7-17-36-21/h2-12,17,19,23,25,33H,13-16,18,30H2,1H3/t23-,25+,29+/m1/s1. The molecule has 5 rings (SSSR count). The molecule has 0 radical (unpaired) electrons. The van der Waals surface area contributed by atoms with Crippen molar-refractivity contribution in [2.45, 2.75) is 43.9 Å². The number of amides is 1. The van der Waals surface area contributed by atoms with Crippen molar-refractivity contribution in [3.8, 4) is 0 Å². The minimum atomic E-state index is -2.16. The summed E-state index contributed by atoms with van der Waals surface area (Å²) < 4.78 is 5.40. The molecule has 1 fully saturated rings. The number of benzodiazepines with no additional fused rings is 1. The summed E-state index contributed by atoms with van der Waals surface area (Å²) in [6.45, 7) is 0. The zero-order valence-electron chi connectivity index (χ0n) is 20.3. The van der Waals surface area contributed by atoms with Crippen molar-refractivity contribution >= 4 is 23.1 Å². The monoisotopic (exact) mass is 485 g/mol. The number of carbonyl (C=O) groups is 2. The number of aliphatic imine (C=N–C) groups is 1. The van der Waals surface area contributed by atoms with Crippen LogP contribution in [0.25, 0.3) is 0 Å². The molecule has 1 aliphatic carbocycles. The number of hydrogen-bond donors (Lipinski definition) is 2. The number of Topliss-reactive ketones (excluding diaryl/α,β-unsaturated/α-hetero) is 1. The van der Waals surface area contributed by atoms with Crippen molar-refractivity contribution < 1.29 is 19.1 Å². The molecule has 36 heavy (non-hydrogen) atoms. The van der Waals surface area contributed by atoms with Crippen LogP contribution >= 0.6 is 0 Å². The molecule has 3 N–H and O–H groups in total. The average molecular weight is 486 g/mol. The van der Waals surface area contributed by atoms with Gasteiger partial charge in [0, 0.05) is 30.5 Å². The van der Waals surface area contributed by atoms with E-state index in [9.17, 15) is 14.7 Å². The lowest BCUT2D eigenvalue weighted by molar-refractivity contribution is -0.139. The fraction of sp³-hybridized carbons (Fsp3) is 0.345. The van der Waals surface area contributed by atoms with Gasteiger partial charge >= 0.3 is 0 Å². The molecule has 2 heterocycles. The second-order valence-electron chi connectivity index (χ2n) is 9.81. The third-order valence-electron chi connectivity index (χ3n) is 7.21. The fourth-order valence-electron chi connectivity index (χ4n) is 4.97. The molecule has 0 saturated heterocycles. The van der Waals surface area contributed by atoms with Crippen LogP contribution in [0.1, 0.15) is 42.6 Å². The van der Waals surface area contributed by atoms with Crippen molar-refractivity contribution in [3.63, 3.8) is 0 Å².